The van der Waals surface area contributed by atoms with Gasteiger partial charge in [0.1, 0.15) is 11.4 Å². The molecule has 0 radical (unpaired) electrons. The Hall–Kier alpha value is -2.28. The average Bonchev–Trinajstić information content (AvgIpc) is 3.19. The number of amides is 1. The van der Waals surface area contributed by atoms with Crippen molar-refractivity contribution in [1.29, 1.82) is 0 Å². The van der Waals surface area contributed by atoms with Crippen molar-refractivity contribution in [3.8, 4) is 5.75 Å². The maximum absolute atomic E-state index is 11.7. The molecule has 2 aliphatic rings. The molecule has 0 saturated carbocycles. The van der Waals surface area contributed by atoms with Crippen molar-refractivity contribution >= 4 is 17.0 Å². The highest BCUT2D eigenvalue weighted by molar-refractivity contribution is 5.82. The van der Waals surface area contributed by atoms with Crippen LogP contribution in [0.3, 0.4) is 0 Å². The van der Waals surface area contributed by atoms with Gasteiger partial charge in [0.15, 0.2) is 0 Å². The SMILES string of the molecule is COc1ccc2n[nH]c(CN3CC[C@]4(C3)CN(C)C(=O)O4)c2c1. The van der Waals surface area contributed by atoms with Crippen LogP contribution >= 0.6 is 0 Å². The summed E-state index contributed by atoms with van der Waals surface area (Å²) in [6, 6.07) is 5.86. The Morgan fingerprint density at radius 3 is 3.04 bits per heavy atom. The van der Waals surface area contributed by atoms with E-state index >= 15 is 0 Å². The maximum Gasteiger partial charge on any atom is 0.410 e. The Morgan fingerprint density at radius 1 is 1.43 bits per heavy atom. The molecule has 3 heterocycles. The molecule has 1 spiro atoms. The number of fused-ring (bicyclic) bond motifs is 1. The predicted molar refractivity (Wildman–Crippen MR) is 84.4 cm³/mol. The molecule has 1 aromatic carbocycles. The van der Waals surface area contributed by atoms with Crippen LogP contribution < -0.4 is 4.74 Å². The molecule has 1 aromatic heterocycles. The van der Waals surface area contributed by atoms with Crippen molar-refractivity contribution in [3.05, 3.63) is 23.9 Å². The van der Waals surface area contributed by atoms with Gasteiger partial charge in [-0.1, -0.05) is 0 Å². The number of carbonyl (C=O) groups is 1. The molecule has 23 heavy (non-hydrogen) atoms. The highest BCUT2D eigenvalue weighted by atomic mass is 16.6. The summed E-state index contributed by atoms with van der Waals surface area (Å²) in [7, 11) is 3.45. The van der Waals surface area contributed by atoms with Crippen LogP contribution in [-0.2, 0) is 11.3 Å². The van der Waals surface area contributed by atoms with E-state index in [1.807, 2.05) is 18.2 Å². The number of nitrogens with zero attached hydrogens (tertiary/aromatic N) is 3. The summed E-state index contributed by atoms with van der Waals surface area (Å²) in [5.74, 6) is 0.824. The first-order valence-electron chi connectivity index (χ1n) is 7.76. The van der Waals surface area contributed by atoms with Gasteiger partial charge in [-0.2, -0.15) is 5.10 Å². The van der Waals surface area contributed by atoms with Crippen LogP contribution in [0.1, 0.15) is 12.1 Å². The number of ether oxygens (including phenoxy) is 2. The number of rotatable bonds is 3. The zero-order valence-corrected chi connectivity index (χ0v) is 13.3. The van der Waals surface area contributed by atoms with Gasteiger partial charge in [-0.15, -0.1) is 0 Å². The lowest BCUT2D eigenvalue weighted by molar-refractivity contribution is 0.0626. The number of hydrogen-bond donors (Lipinski definition) is 1. The number of H-pyrrole nitrogens is 1. The van der Waals surface area contributed by atoms with Crippen LogP contribution in [0.2, 0.25) is 0 Å². The second kappa shape index (κ2) is 5.13. The van der Waals surface area contributed by atoms with Crippen LogP contribution in [0.15, 0.2) is 18.2 Å². The Kier molecular flexibility index (Phi) is 3.19. The van der Waals surface area contributed by atoms with Crippen LogP contribution in [0.5, 0.6) is 5.75 Å². The van der Waals surface area contributed by atoms with Crippen LogP contribution in [0, 0.1) is 0 Å². The zero-order valence-electron chi connectivity index (χ0n) is 13.3. The molecule has 0 aliphatic carbocycles. The van der Waals surface area contributed by atoms with Gasteiger partial charge in [0, 0.05) is 38.5 Å². The lowest BCUT2D eigenvalue weighted by Gasteiger charge is -2.21. The first-order chi connectivity index (χ1) is 11.1. The molecule has 1 atom stereocenters. The molecule has 4 rings (SSSR count). The summed E-state index contributed by atoms with van der Waals surface area (Å²) >= 11 is 0. The van der Waals surface area contributed by atoms with Crippen molar-refractivity contribution in [2.45, 2.75) is 18.6 Å². The van der Waals surface area contributed by atoms with E-state index < -0.39 is 0 Å². The fourth-order valence-corrected chi connectivity index (χ4v) is 3.58. The van der Waals surface area contributed by atoms with Gasteiger partial charge in [-0.3, -0.25) is 10.00 Å². The molecule has 2 aromatic rings. The summed E-state index contributed by atoms with van der Waals surface area (Å²) in [6.07, 6.45) is 0.655. The summed E-state index contributed by atoms with van der Waals surface area (Å²) in [5.41, 5.74) is 1.65. The van der Waals surface area contributed by atoms with E-state index in [0.29, 0.717) is 6.54 Å². The lowest BCUT2D eigenvalue weighted by atomic mass is 10.0. The number of benzene rings is 1. The second-order valence-electron chi connectivity index (χ2n) is 6.45. The third-order valence-electron chi connectivity index (χ3n) is 4.76. The maximum atomic E-state index is 11.7. The molecule has 122 valence electrons. The van der Waals surface area contributed by atoms with E-state index in [4.69, 9.17) is 9.47 Å². The van der Waals surface area contributed by atoms with Gasteiger partial charge >= 0.3 is 6.09 Å². The van der Waals surface area contributed by atoms with E-state index in [-0.39, 0.29) is 11.7 Å². The van der Waals surface area contributed by atoms with Crippen molar-refractivity contribution in [2.75, 3.05) is 33.8 Å². The van der Waals surface area contributed by atoms with Gasteiger partial charge in [0.2, 0.25) is 0 Å². The Labute approximate surface area is 134 Å². The molecule has 7 nitrogen and oxygen atoms in total. The quantitative estimate of drug-likeness (QED) is 0.931. The molecule has 0 bridgehead atoms. The number of aromatic amines is 1. The van der Waals surface area contributed by atoms with Gasteiger partial charge in [-0.25, -0.2) is 4.79 Å². The van der Waals surface area contributed by atoms with Crippen molar-refractivity contribution in [1.82, 2.24) is 20.0 Å². The zero-order chi connectivity index (χ0) is 16.0. The fourth-order valence-electron chi connectivity index (χ4n) is 3.58. The Morgan fingerprint density at radius 2 is 2.30 bits per heavy atom. The minimum atomic E-state index is -0.348. The Bertz CT molecular complexity index is 759. The van der Waals surface area contributed by atoms with Gasteiger partial charge in [-0.05, 0) is 18.2 Å². The van der Waals surface area contributed by atoms with Crippen molar-refractivity contribution in [2.24, 2.45) is 0 Å². The summed E-state index contributed by atoms with van der Waals surface area (Å²) in [6.45, 7) is 3.09. The van der Waals surface area contributed by atoms with E-state index in [2.05, 4.69) is 15.1 Å². The largest absolute Gasteiger partial charge is 0.497 e. The van der Waals surface area contributed by atoms with E-state index in [1.54, 1.807) is 19.1 Å². The lowest BCUT2D eigenvalue weighted by Crippen LogP contribution is -2.37. The molecular weight excluding hydrogens is 296 g/mol. The molecule has 7 heteroatoms. The van der Waals surface area contributed by atoms with Crippen LogP contribution in [0.25, 0.3) is 10.9 Å². The molecule has 2 saturated heterocycles. The van der Waals surface area contributed by atoms with Crippen molar-refractivity contribution < 1.29 is 14.3 Å². The smallest absolute Gasteiger partial charge is 0.410 e. The van der Waals surface area contributed by atoms with Crippen LogP contribution in [-0.4, -0.2) is 65.5 Å². The normalized spacial score (nSPS) is 24.8. The topological polar surface area (TPSA) is 70.7 Å². The Balaban J connectivity index is 1.52. The van der Waals surface area contributed by atoms with Gasteiger partial charge in [0.25, 0.3) is 0 Å². The second-order valence-corrected chi connectivity index (χ2v) is 6.45. The number of likely N-dealkylation sites (N-methyl/N-ethyl adjacent to an activating group) is 1. The monoisotopic (exact) mass is 316 g/mol. The molecular formula is C16H20N4O3. The number of carbonyl (C=O) groups excluding carboxylic acids is 1. The minimum Gasteiger partial charge on any atom is -0.497 e. The van der Waals surface area contributed by atoms with E-state index in [9.17, 15) is 4.79 Å². The molecule has 2 aliphatic heterocycles. The molecule has 1 N–H and O–H groups in total. The number of likely N-dealkylation sites (tertiary alicyclic amines) is 1. The van der Waals surface area contributed by atoms with Gasteiger partial charge in [0.05, 0.1) is 24.9 Å². The van der Waals surface area contributed by atoms with Crippen LogP contribution in [0.4, 0.5) is 4.79 Å². The number of nitrogens with one attached hydrogen (secondary N) is 1. The fraction of sp³-hybridized carbons (Fsp3) is 0.500. The van der Waals surface area contributed by atoms with Gasteiger partial charge < -0.3 is 14.4 Å². The third kappa shape index (κ3) is 2.41. The average molecular weight is 316 g/mol. The first kappa shape index (κ1) is 14.3. The highest BCUT2D eigenvalue weighted by Crippen LogP contribution is 2.33. The van der Waals surface area contributed by atoms with E-state index in [0.717, 1.165) is 48.4 Å². The number of methoxy groups -OCH3 is 1. The summed E-state index contributed by atoms with van der Waals surface area (Å²) < 4.78 is 10.9. The minimum absolute atomic E-state index is 0.219. The first-order valence-corrected chi connectivity index (χ1v) is 7.76. The third-order valence-corrected chi connectivity index (χ3v) is 4.76. The molecule has 1 amide bonds. The number of hydrogen-bond acceptors (Lipinski definition) is 5. The van der Waals surface area contributed by atoms with E-state index in [1.165, 1.54) is 0 Å². The summed E-state index contributed by atoms with van der Waals surface area (Å²) in [5, 5.41) is 8.55. The highest BCUT2D eigenvalue weighted by Gasteiger charge is 2.48. The number of aromatic nitrogens is 2. The standard InChI is InChI=1S/C16H20N4O3/c1-19-9-16(23-15(19)21)5-6-20(10-16)8-14-12-7-11(22-2)3-4-13(12)17-18-14/h3-4,7H,5-6,8-10H2,1-2H3,(H,17,18)/t16-/m1/s1. The predicted octanol–water partition coefficient (Wildman–Crippen LogP) is 1.60. The summed E-state index contributed by atoms with van der Waals surface area (Å²) in [4.78, 5) is 15.6. The van der Waals surface area contributed by atoms with Crippen molar-refractivity contribution in [3.63, 3.8) is 0 Å². The molecule has 2 fully saturated rings. The molecule has 0 unspecified atom stereocenters.